The van der Waals surface area contributed by atoms with E-state index in [1.165, 1.54) is 12.1 Å². The highest BCUT2D eigenvalue weighted by atomic mass is 19.1. The molecule has 0 saturated heterocycles. The third-order valence-corrected chi connectivity index (χ3v) is 2.81. The van der Waals surface area contributed by atoms with Crippen molar-refractivity contribution in [3.05, 3.63) is 53.4 Å². The van der Waals surface area contributed by atoms with Crippen LogP contribution < -0.4 is 0 Å². The lowest BCUT2D eigenvalue weighted by Gasteiger charge is -2.06. The van der Waals surface area contributed by atoms with Gasteiger partial charge in [-0.1, -0.05) is 12.1 Å². The second kappa shape index (κ2) is 5.65. The molecule has 0 fully saturated rings. The summed E-state index contributed by atoms with van der Waals surface area (Å²) in [6, 6.07) is 6.34. The molecule has 0 radical (unpaired) electrons. The molecule has 1 aromatic heterocycles. The van der Waals surface area contributed by atoms with Crippen LogP contribution in [0.3, 0.4) is 0 Å². The van der Waals surface area contributed by atoms with Crippen molar-refractivity contribution in [1.82, 2.24) is 9.55 Å². The molecule has 4 nitrogen and oxygen atoms in total. The van der Waals surface area contributed by atoms with E-state index in [1.807, 2.05) is 6.07 Å². The van der Waals surface area contributed by atoms with Crippen LogP contribution in [0.5, 0.6) is 0 Å². The van der Waals surface area contributed by atoms with Gasteiger partial charge in [0.05, 0.1) is 12.9 Å². The Labute approximate surface area is 110 Å². The van der Waals surface area contributed by atoms with E-state index >= 15 is 0 Å². The highest BCUT2D eigenvalue weighted by Crippen LogP contribution is 2.12. The van der Waals surface area contributed by atoms with Gasteiger partial charge in [-0.25, -0.2) is 14.2 Å². The largest absolute Gasteiger partial charge is 0.461 e. The Balaban J connectivity index is 2.20. The number of carbonyl (C=O) groups is 1. The van der Waals surface area contributed by atoms with Crippen molar-refractivity contribution in [3.8, 4) is 0 Å². The number of nitrogens with zero attached hydrogens (tertiary/aromatic N) is 2. The predicted molar refractivity (Wildman–Crippen MR) is 68.4 cm³/mol. The van der Waals surface area contributed by atoms with Gasteiger partial charge in [0, 0.05) is 12.2 Å². The number of carbonyl (C=O) groups excluding carboxylic acids is 1. The number of esters is 1. The van der Waals surface area contributed by atoms with Gasteiger partial charge < -0.3 is 9.30 Å². The number of aromatic nitrogens is 2. The first kappa shape index (κ1) is 13.3. The zero-order chi connectivity index (χ0) is 13.8. The summed E-state index contributed by atoms with van der Waals surface area (Å²) >= 11 is 0. The van der Waals surface area contributed by atoms with Gasteiger partial charge in [0.25, 0.3) is 0 Å². The van der Waals surface area contributed by atoms with Crippen molar-refractivity contribution < 1.29 is 13.9 Å². The summed E-state index contributed by atoms with van der Waals surface area (Å²) in [7, 11) is 0. The van der Waals surface area contributed by atoms with Crippen molar-refractivity contribution in [2.75, 3.05) is 6.61 Å². The lowest BCUT2D eigenvalue weighted by molar-refractivity contribution is 0.0519. The summed E-state index contributed by atoms with van der Waals surface area (Å²) in [6.07, 6.45) is 1.56. The zero-order valence-electron chi connectivity index (χ0n) is 10.9. The molecule has 5 heteroatoms. The second-order valence-electron chi connectivity index (χ2n) is 4.16. The van der Waals surface area contributed by atoms with Gasteiger partial charge in [-0.2, -0.15) is 0 Å². The molecule has 19 heavy (non-hydrogen) atoms. The van der Waals surface area contributed by atoms with Gasteiger partial charge >= 0.3 is 5.97 Å². The van der Waals surface area contributed by atoms with Gasteiger partial charge in [0.1, 0.15) is 5.82 Å². The first-order valence-corrected chi connectivity index (χ1v) is 6.05. The van der Waals surface area contributed by atoms with Crippen LogP contribution in [-0.2, 0) is 11.3 Å². The molecule has 2 aromatic rings. The first-order valence-electron chi connectivity index (χ1n) is 6.05. The standard InChI is InChI=1S/C14H15FN2O2/c1-3-19-14(18)13-10(2)17(9-16-13)8-11-5-4-6-12(15)7-11/h4-7,9H,3,8H2,1-2H3. The highest BCUT2D eigenvalue weighted by Gasteiger charge is 2.15. The summed E-state index contributed by atoms with van der Waals surface area (Å²) in [4.78, 5) is 15.7. The molecule has 2 rings (SSSR count). The van der Waals surface area contributed by atoms with E-state index in [0.717, 1.165) is 5.56 Å². The number of imidazole rings is 1. The maximum absolute atomic E-state index is 13.1. The molecule has 1 heterocycles. The SMILES string of the molecule is CCOC(=O)c1ncn(Cc2cccc(F)c2)c1C. The fraction of sp³-hybridized carbons (Fsp3) is 0.286. The molecule has 0 aliphatic carbocycles. The predicted octanol–water partition coefficient (Wildman–Crippen LogP) is 2.56. The Morgan fingerprint density at radius 3 is 2.95 bits per heavy atom. The summed E-state index contributed by atoms with van der Waals surface area (Å²) in [5.41, 5.74) is 1.83. The molecule has 0 aliphatic rings. The lowest BCUT2D eigenvalue weighted by atomic mass is 10.2. The average molecular weight is 262 g/mol. The zero-order valence-corrected chi connectivity index (χ0v) is 10.9. The number of benzene rings is 1. The van der Waals surface area contributed by atoms with Crippen LogP contribution in [0.2, 0.25) is 0 Å². The molecule has 0 bridgehead atoms. The van der Waals surface area contributed by atoms with Crippen molar-refractivity contribution >= 4 is 5.97 Å². The van der Waals surface area contributed by atoms with E-state index < -0.39 is 5.97 Å². The summed E-state index contributed by atoms with van der Waals surface area (Å²) in [6.45, 7) is 4.32. The smallest absolute Gasteiger partial charge is 0.358 e. The molecule has 0 unspecified atom stereocenters. The second-order valence-corrected chi connectivity index (χ2v) is 4.16. The molecule has 100 valence electrons. The van der Waals surface area contributed by atoms with Crippen LogP contribution in [0.15, 0.2) is 30.6 Å². The molecule has 0 saturated carbocycles. The molecule has 0 N–H and O–H groups in total. The minimum absolute atomic E-state index is 0.277. The Kier molecular flexibility index (Phi) is 3.94. The topological polar surface area (TPSA) is 44.1 Å². The summed E-state index contributed by atoms with van der Waals surface area (Å²) < 4.78 is 19.8. The molecule has 0 atom stereocenters. The minimum Gasteiger partial charge on any atom is -0.461 e. The van der Waals surface area contributed by atoms with E-state index in [4.69, 9.17) is 4.74 Å². The van der Waals surface area contributed by atoms with Crippen molar-refractivity contribution in [2.24, 2.45) is 0 Å². The Morgan fingerprint density at radius 2 is 2.26 bits per heavy atom. The monoisotopic (exact) mass is 262 g/mol. The normalized spacial score (nSPS) is 10.5. The summed E-state index contributed by atoms with van der Waals surface area (Å²) in [5.74, 6) is -0.709. The van der Waals surface area contributed by atoms with Crippen LogP contribution in [0.1, 0.15) is 28.7 Å². The van der Waals surface area contributed by atoms with E-state index in [-0.39, 0.29) is 5.82 Å². The van der Waals surface area contributed by atoms with Gasteiger partial charge in [0.15, 0.2) is 5.69 Å². The molecule has 0 spiro atoms. The maximum Gasteiger partial charge on any atom is 0.358 e. The van der Waals surface area contributed by atoms with E-state index in [2.05, 4.69) is 4.98 Å². The Bertz CT molecular complexity index is 593. The average Bonchev–Trinajstić information content (AvgIpc) is 2.71. The highest BCUT2D eigenvalue weighted by molar-refractivity contribution is 5.88. The van der Waals surface area contributed by atoms with Gasteiger partial charge in [-0.3, -0.25) is 0 Å². The fourth-order valence-electron chi connectivity index (χ4n) is 1.83. The maximum atomic E-state index is 13.1. The van der Waals surface area contributed by atoms with Gasteiger partial charge in [0.2, 0.25) is 0 Å². The third-order valence-electron chi connectivity index (χ3n) is 2.81. The van der Waals surface area contributed by atoms with E-state index in [1.54, 1.807) is 30.8 Å². The Hall–Kier alpha value is -2.17. The molecule has 0 aliphatic heterocycles. The summed E-state index contributed by atoms with van der Waals surface area (Å²) in [5, 5.41) is 0. The van der Waals surface area contributed by atoms with Crippen molar-refractivity contribution in [2.45, 2.75) is 20.4 Å². The quantitative estimate of drug-likeness (QED) is 0.795. The number of rotatable bonds is 4. The van der Waals surface area contributed by atoms with Crippen LogP contribution in [0, 0.1) is 12.7 Å². The number of halogens is 1. The van der Waals surface area contributed by atoms with Crippen molar-refractivity contribution in [1.29, 1.82) is 0 Å². The molecular formula is C14H15FN2O2. The van der Waals surface area contributed by atoms with Crippen LogP contribution >= 0.6 is 0 Å². The van der Waals surface area contributed by atoms with E-state index in [9.17, 15) is 9.18 Å². The van der Waals surface area contributed by atoms with Gasteiger partial charge in [-0.15, -0.1) is 0 Å². The van der Waals surface area contributed by atoms with Crippen molar-refractivity contribution in [3.63, 3.8) is 0 Å². The molecule has 0 amide bonds. The molecule has 1 aromatic carbocycles. The number of ether oxygens (including phenoxy) is 1. The Morgan fingerprint density at radius 1 is 1.47 bits per heavy atom. The number of hydrogen-bond donors (Lipinski definition) is 0. The van der Waals surface area contributed by atoms with Crippen LogP contribution in [0.25, 0.3) is 0 Å². The number of hydrogen-bond acceptors (Lipinski definition) is 3. The molecular weight excluding hydrogens is 247 g/mol. The minimum atomic E-state index is -0.432. The van der Waals surface area contributed by atoms with Crippen LogP contribution in [-0.4, -0.2) is 22.1 Å². The first-order chi connectivity index (χ1) is 9.11. The third kappa shape index (κ3) is 2.99. The van der Waals surface area contributed by atoms with Gasteiger partial charge in [-0.05, 0) is 31.5 Å². The fourth-order valence-corrected chi connectivity index (χ4v) is 1.83. The van der Waals surface area contributed by atoms with E-state index in [0.29, 0.717) is 24.5 Å². The lowest BCUT2D eigenvalue weighted by Crippen LogP contribution is -2.08. The van der Waals surface area contributed by atoms with Crippen LogP contribution in [0.4, 0.5) is 4.39 Å².